The van der Waals surface area contributed by atoms with Gasteiger partial charge in [0.25, 0.3) is 5.91 Å². The average Bonchev–Trinajstić information content (AvgIpc) is 3.19. The van der Waals surface area contributed by atoms with Crippen molar-refractivity contribution >= 4 is 47.2 Å². The third kappa shape index (κ3) is 7.74. The van der Waals surface area contributed by atoms with Crippen molar-refractivity contribution in [1.29, 1.82) is 0 Å². The summed E-state index contributed by atoms with van der Waals surface area (Å²) in [6.07, 6.45) is 2.47. The van der Waals surface area contributed by atoms with Crippen LogP contribution in [0, 0.1) is 12.7 Å². The molecule has 0 aliphatic rings. The van der Waals surface area contributed by atoms with E-state index in [2.05, 4.69) is 10.4 Å². The molecule has 0 bridgehead atoms. The highest BCUT2D eigenvalue weighted by molar-refractivity contribution is 6.31. The van der Waals surface area contributed by atoms with Gasteiger partial charge in [0, 0.05) is 17.3 Å². The second kappa shape index (κ2) is 13.3. The molecular formula is C27H25ClFN3O7. The van der Waals surface area contributed by atoms with Crippen molar-refractivity contribution in [2.45, 2.75) is 20.8 Å². The largest absolute Gasteiger partial charge is 0.462 e. The molecule has 0 aliphatic carbocycles. The number of rotatable bonds is 10. The van der Waals surface area contributed by atoms with E-state index in [1.807, 2.05) is 0 Å². The number of carbonyl (C=O) groups excluding carboxylic acids is 4. The lowest BCUT2D eigenvalue weighted by molar-refractivity contribution is -0.142. The molecule has 0 saturated heterocycles. The standard InChI is InChI=1S/C27H25ClFN3O7/c1-4-37-26(35)17-12-18(27(36)38-5-2)14-20(13-17)30-23(33)15-39-24(34)11-10-22-16(3)31-32(25(22)28)21-8-6-19(29)7-9-21/h6-14H,4-5,15H2,1-3H3,(H,30,33)/b11-10+. The zero-order chi connectivity index (χ0) is 28.5. The summed E-state index contributed by atoms with van der Waals surface area (Å²) in [5, 5.41) is 6.97. The number of halogens is 2. The molecule has 0 unspecified atom stereocenters. The van der Waals surface area contributed by atoms with Crippen LogP contribution in [0.4, 0.5) is 10.1 Å². The third-order valence-corrected chi connectivity index (χ3v) is 5.45. The Kier molecular flexibility index (Phi) is 9.93. The second-order valence-electron chi connectivity index (χ2n) is 7.91. The molecule has 0 aliphatic heterocycles. The summed E-state index contributed by atoms with van der Waals surface area (Å²) in [6, 6.07) is 9.49. The Morgan fingerprint density at radius 1 is 0.974 bits per heavy atom. The fraction of sp³-hybridized carbons (Fsp3) is 0.222. The Hall–Kier alpha value is -4.51. The van der Waals surface area contributed by atoms with Gasteiger partial charge in [0.15, 0.2) is 6.61 Å². The first kappa shape index (κ1) is 29.1. The summed E-state index contributed by atoms with van der Waals surface area (Å²) in [5.41, 5.74) is 1.64. The Morgan fingerprint density at radius 2 is 1.56 bits per heavy atom. The van der Waals surface area contributed by atoms with E-state index in [-0.39, 0.29) is 35.2 Å². The van der Waals surface area contributed by atoms with Gasteiger partial charge in [-0.2, -0.15) is 5.10 Å². The lowest BCUT2D eigenvalue weighted by Gasteiger charge is -2.10. The van der Waals surface area contributed by atoms with E-state index >= 15 is 0 Å². The molecule has 1 heterocycles. The first-order valence-corrected chi connectivity index (χ1v) is 12.2. The van der Waals surface area contributed by atoms with Crippen LogP contribution in [-0.4, -0.2) is 53.4 Å². The number of amides is 1. The Labute approximate surface area is 228 Å². The Bertz CT molecular complexity index is 1380. The minimum Gasteiger partial charge on any atom is -0.462 e. The van der Waals surface area contributed by atoms with Crippen LogP contribution in [0.1, 0.15) is 45.8 Å². The number of carbonyl (C=O) groups is 4. The van der Waals surface area contributed by atoms with Crippen molar-refractivity contribution in [3.63, 3.8) is 0 Å². The van der Waals surface area contributed by atoms with Gasteiger partial charge in [-0.05, 0) is 69.3 Å². The van der Waals surface area contributed by atoms with Crippen molar-refractivity contribution in [3.8, 4) is 5.69 Å². The van der Waals surface area contributed by atoms with E-state index in [9.17, 15) is 23.6 Å². The van der Waals surface area contributed by atoms with E-state index in [4.69, 9.17) is 25.8 Å². The number of nitrogens with zero attached hydrogens (tertiary/aromatic N) is 2. The maximum atomic E-state index is 13.2. The Morgan fingerprint density at radius 3 is 2.13 bits per heavy atom. The number of benzene rings is 2. The number of esters is 3. The zero-order valence-electron chi connectivity index (χ0n) is 21.3. The maximum Gasteiger partial charge on any atom is 0.338 e. The number of hydrogen-bond donors (Lipinski definition) is 1. The van der Waals surface area contributed by atoms with E-state index in [1.54, 1.807) is 20.8 Å². The molecule has 39 heavy (non-hydrogen) atoms. The van der Waals surface area contributed by atoms with Crippen LogP contribution in [-0.2, 0) is 23.8 Å². The molecule has 204 valence electrons. The van der Waals surface area contributed by atoms with E-state index < -0.39 is 36.2 Å². The first-order chi connectivity index (χ1) is 18.6. The molecule has 0 fully saturated rings. The van der Waals surface area contributed by atoms with Crippen molar-refractivity contribution in [2.75, 3.05) is 25.1 Å². The summed E-state index contributed by atoms with van der Waals surface area (Å²) >= 11 is 6.39. The van der Waals surface area contributed by atoms with Crippen LogP contribution in [0.3, 0.4) is 0 Å². The van der Waals surface area contributed by atoms with Crippen molar-refractivity contribution < 1.29 is 37.8 Å². The van der Waals surface area contributed by atoms with Crippen LogP contribution < -0.4 is 5.32 Å². The van der Waals surface area contributed by atoms with Crippen molar-refractivity contribution in [3.05, 3.63) is 81.9 Å². The van der Waals surface area contributed by atoms with Crippen LogP contribution in [0.5, 0.6) is 0 Å². The predicted molar refractivity (Wildman–Crippen MR) is 140 cm³/mol. The number of nitrogens with one attached hydrogen (secondary N) is 1. The molecule has 1 amide bonds. The highest BCUT2D eigenvalue weighted by Gasteiger charge is 2.17. The summed E-state index contributed by atoms with van der Waals surface area (Å²) in [7, 11) is 0. The molecule has 3 aromatic rings. The minimum atomic E-state index is -0.831. The molecule has 2 aromatic carbocycles. The van der Waals surface area contributed by atoms with Gasteiger partial charge in [-0.15, -0.1) is 0 Å². The molecule has 0 atom stereocenters. The topological polar surface area (TPSA) is 126 Å². The monoisotopic (exact) mass is 557 g/mol. The van der Waals surface area contributed by atoms with Crippen LogP contribution in [0.15, 0.2) is 48.5 Å². The lowest BCUT2D eigenvalue weighted by atomic mass is 10.1. The smallest absolute Gasteiger partial charge is 0.338 e. The number of hydrogen-bond acceptors (Lipinski definition) is 8. The molecule has 0 radical (unpaired) electrons. The quantitative estimate of drug-likeness (QED) is 0.219. The number of ether oxygens (including phenoxy) is 3. The number of anilines is 1. The van der Waals surface area contributed by atoms with Crippen LogP contribution in [0.25, 0.3) is 11.8 Å². The van der Waals surface area contributed by atoms with Crippen molar-refractivity contribution in [2.24, 2.45) is 0 Å². The van der Waals surface area contributed by atoms with E-state index in [0.717, 1.165) is 6.08 Å². The highest BCUT2D eigenvalue weighted by Crippen LogP contribution is 2.25. The van der Waals surface area contributed by atoms with Gasteiger partial charge in [0.05, 0.1) is 35.7 Å². The van der Waals surface area contributed by atoms with Gasteiger partial charge in [-0.1, -0.05) is 11.6 Å². The lowest BCUT2D eigenvalue weighted by Crippen LogP contribution is -2.21. The van der Waals surface area contributed by atoms with Gasteiger partial charge in [0.2, 0.25) is 0 Å². The van der Waals surface area contributed by atoms with Gasteiger partial charge >= 0.3 is 17.9 Å². The zero-order valence-corrected chi connectivity index (χ0v) is 22.1. The van der Waals surface area contributed by atoms with Gasteiger partial charge in [-0.3, -0.25) is 4.79 Å². The molecule has 10 nitrogen and oxygen atoms in total. The SMILES string of the molecule is CCOC(=O)c1cc(NC(=O)COC(=O)/C=C/c2c(C)nn(-c3ccc(F)cc3)c2Cl)cc(C(=O)OCC)c1. The fourth-order valence-corrected chi connectivity index (χ4v) is 3.69. The van der Waals surface area contributed by atoms with Crippen LogP contribution >= 0.6 is 11.6 Å². The fourth-order valence-electron chi connectivity index (χ4n) is 3.35. The predicted octanol–water partition coefficient (Wildman–Crippen LogP) is 4.52. The Balaban J connectivity index is 1.65. The molecule has 1 N–H and O–H groups in total. The number of aromatic nitrogens is 2. The average molecular weight is 558 g/mol. The third-order valence-electron chi connectivity index (χ3n) is 5.09. The molecule has 12 heteroatoms. The van der Waals surface area contributed by atoms with E-state index in [0.29, 0.717) is 16.9 Å². The molecule has 0 saturated carbocycles. The van der Waals surface area contributed by atoms with Gasteiger partial charge in [-0.25, -0.2) is 23.5 Å². The molecular weight excluding hydrogens is 533 g/mol. The van der Waals surface area contributed by atoms with Crippen molar-refractivity contribution in [1.82, 2.24) is 9.78 Å². The molecule has 1 aromatic heterocycles. The number of aryl methyl sites for hydroxylation is 1. The molecule has 0 spiro atoms. The van der Waals surface area contributed by atoms with Gasteiger partial charge < -0.3 is 19.5 Å². The highest BCUT2D eigenvalue weighted by atomic mass is 35.5. The van der Waals surface area contributed by atoms with Gasteiger partial charge in [0.1, 0.15) is 11.0 Å². The van der Waals surface area contributed by atoms with E-state index in [1.165, 1.54) is 53.2 Å². The normalized spacial score (nSPS) is 10.8. The maximum absolute atomic E-state index is 13.2. The summed E-state index contributed by atoms with van der Waals surface area (Å²) < 4.78 is 29.5. The van der Waals surface area contributed by atoms with Crippen LogP contribution in [0.2, 0.25) is 5.15 Å². The first-order valence-electron chi connectivity index (χ1n) is 11.8. The minimum absolute atomic E-state index is 0.0334. The summed E-state index contributed by atoms with van der Waals surface area (Å²) in [4.78, 5) is 48.9. The second-order valence-corrected chi connectivity index (χ2v) is 8.27. The summed E-state index contributed by atoms with van der Waals surface area (Å²) in [5.74, 6) is -3.33. The molecule has 3 rings (SSSR count). The summed E-state index contributed by atoms with van der Waals surface area (Å²) in [6.45, 7) is 4.52.